The van der Waals surface area contributed by atoms with Gasteiger partial charge in [-0.15, -0.1) is 0 Å². The van der Waals surface area contributed by atoms with Gasteiger partial charge in [0.1, 0.15) is 0 Å². The van der Waals surface area contributed by atoms with Gasteiger partial charge in [-0.05, 0) is 62.9 Å². The topological polar surface area (TPSA) is 15.3 Å². The molecular formula is C19H30N2. The minimum Gasteiger partial charge on any atom is -0.314 e. The highest BCUT2D eigenvalue weighted by atomic mass is 15.1. The number of rotatable bonds is 6. The molecule has 0 bridgehead atoms. The minimum atomic E-state index is 0.825. The van der Waals surface area contributed by atoms with E-state index in [0.29, 0.717) is 0 Å². The first-order valence-electron chi connectivity index (χ1n) is 8.94. The van der Waals surface area contributed by atoms with Crippen LogP contribution in [0, 0.1) is 0 Å². The monoisotopic (exact) mass is 286 g/mol. The lowest BCUT2D eigenvalue weighted by Crippen LogP contribution is -2.27. The van der Waals surface area contributed by atoms with Crippen LogP contribution in [0.25, 0.3) is 0 Å². The van der Waals surface area contributed by atoms with E-state index in [1.807, 2.05) is 0 Å². The van der Waals surface area contributed by atoms with Gasteiger partial charge in [0.2, 0.25) is 0 Å². The molecule has 1 aliphatic carbocycles. The predicted octanol–water partition coefficient (Wildman–Crippen LogP) is 3.75. The Morgan fingerprint density at radius 3 is 2.29 bits per heavy atom. The first-order valence-corrected chi connectivity index (χ1v) is 8.94. The van der Waals surface area contributed by atoms with Gasteiger partial charge in [0.15, 0.2) is 0 Å². The molecule has 1 aliphatic heterocycles. The Balaban J connectivity index is 1.54. The highest BCUT2D eigenvalue weighted by Crippen LogP contribution is 2.19. The predicted molar refractivity (Wildman–Crippen MR) is 89.5 cm³/mol. The summed E-state index contributed by atoms with van der Waals surface area (Å²) in [6, 6.07) is 9.89. The van der Waals surface area contributed by atoms with Crippen molar-refractivity contribution >= 4 is 0 Å². The van der Waals surface area contributed by atoms with E-state index in [1.54, 1.807) is 11.1 Å². The third-order valence-corrected chi connectivity index (χ3v) is 4.87. The molecule has 0 aromatic heterocycles. The summed E-state index contributed by atoms with van der Waals surface area (Å²) in [5.41, 5.74) is 3.10. The molecule has 2 heteroatoms. The van der Waals surface area contributed by atoms with Crippen molar-refractivity contribution in [2.45, 2.75) is 64.0 Å². The van der Waals surface area contributed by atoms with Crippen molar-refractivity contribution in [2.75, 3.05) is 19.6 Å². The maximum Gasteiger partial charge on any atom is 0.0236 e. The van der Waals surface area contributed by atoms with E-state index >= 15 is 0 Å². The molecule has 1 saturated heterocycles. The molecule has 0 unspecified atom stereocenters. The van der Waals surface area contributed by atoms with Crippen LogP contribution in [0.5, 0.6) is 0 Å². The van der Waals surface area contributed by atoms with E-state index < -0.39 is 0 Å². The Hall–Kier alpha value is -0.860. The third kappa shape index (κ3) is 5.12. The van der Waals surface area contributed by atoms with Crippen LogP contribution < -0.4 is 5.32 Å². The van der Waals surface area contributed by atoms with Crippen LogP contribution in [0.2, 0.25) is 0 Å². The van der Waals surface area contributed by atoms with Crippen molar-refractivity contribution in [2.24, 2.45) is 0 Å². The van der Waals surface area contributed by atoms with Gasteiger partial charge in [-0.3, -0.25) is 4.90 Å². The van der Waals surface area contributed by atoms with Crippen molar-refractivity contribution in [3.63, 3.8) is 0 Å². The molecule has 3 rings (SSSR count). The van der Waals surface area contributed by atoms with Crippen molar-refractivity contribution in [3.05, 3.63) is 35.4 Å². The summed E-state index contributed by atoms with van der Waals surface area (Å²) in [7, 11) is 0. The lowest BCUT2D eigenvalue weighted by Gasteiger charge is -2.25. The smallest absolute Gasteiger partial charge is 0.0236 e. The normalized spacial score (nSPS) is 21.0. The summed E-state index contributed by atoms with van der Waals surface area (Å²) < 4.78 is 0. The standard InChI is InChI=1S/C19H30N2/c1-2-6-14-21(15-7-3-1)16-18-9-5-4-8-17(18)12-13-20-19-10-11-19/h4-5,8-9,19-20H,1-3,6-7,10-16H2. The molecule has 2 nitrogen and oxygen atoms in total. The molecule has 0 radical (unpaired) electrons. The maximum absolute atomic E-state index is 3.64. The molecule has 0 amide bonds. The second kappa shape index (κ2) is 7.95. The summed E-state index contributed by atoms with van der Waals surface area (Å²) >= 11 is 0. The Bertz CT molecular complexity index is 417. The molecule has 1 aromatic rings. The highest BCUT2D eigenvalue weighted by molar-refractivity contribution is 5.27. The van der Waals surface area contributed by atoms with Crippen molar-refractivity contribution in [1.29, 1.82) is 0 Å². The highest BCUT2D eigenvalue weighted by Gasteiger charge is 2.19. The van der Waals surface area contributed by atoms with Gasteiger partial charge < -0.3 is 5.32 Å². The van der Waals surface area contributed by atoms with Crippen molar-refractivity contribution < 1.29 is 0 Å². The van der Waals surface area contributed by atoms with Gasteiger partial charge in [0, 0.05) is 12.6 Å². The average molecular weight is 286 g/mol. The first-order chi connectivity index (χ1) is 10.4. The van der Waals surface area contributed by atoms with Gasteiger partial charge in [0.25, 0.3) is 0 Å². The molecule has 0 atom stereocenters. The second-order valence-corrected chi connectivity index (χ2v) is 6.79. The van der Waals surface area contributed by atoms with E-state index in [2.05, 4.69) is 34.5 Å². The number of likely N-dealkylation sites (tertiary alicyclic amines) is 1. The number of hydrogen-bond acceptors (Lipinski definition) is 2. The Morgan fingerprint density at radius 1 is 0.905 bits per heavy atom. The second-order valence-electron chi connectivity index (χ2n) is 6.79. The molecule has 2 aliphatic rings. The fraction of sp³-hybridized carbons (Fsp3) is 0.684. The molecule has 2 fully saturated rings. The lowest BCUT2D eigenvalue weighted by atomic mass is 10.0. The Morgan fingerprint density at radius 2 is 1.57 bits per heavy atom. The zero-order valence-corrected chi connectivity index (χ0v) is 13.3. The Labute approximate surface area is 129 Å². The number of nitrogens with one attached hydrogen (secondary N) is 1. The van der Waals surface area contributed by atoms with E-state index in [4.69, 9.17) is 0 Å². The molecule has 21 heavy (non-hydrogen) atoms. The fourth-order valence-electron chi connectivity index (χ4n) is 3.37. The van der Waals surface area contributed by atoms with Crippen LogP contribution in [0.1, 0.15) is 56.1 Å². The Kier molecular flexibility index (Phi) is 5.70. The number of benzene rings is 1. The van der Waals surface area contributed by atoms with E-state index in [9.17, 15) is 0 Å². The third-order valence-electron chi connectivity index (χ3n) is 4.87. The van der Waals surface area contributed by atoms with Crippen molar-refractivity contribution in [3.8, 4) is 0 Å². The lowest BCUT2D eigenvalue weighted by molar-refractivity contribution is 0.239. The summed E-state index contributed by atoms with van der Waals surface area (Å²) in [5, 5.41) is 3.64. The average Bonchev–Trinajstić information content (AvgIpc) is 3.27. The molecule has 1 saturated carbocycles. The largest absolute Gasteiger partial charge is 0.314 e. The SMILES string of the molecule is c1ccc(CN2CCCCCCC2)c(CCNC2CC2)c1. The summed E-state index contributed by atoms with van der Waals surface area (Å²) in [4.78, 5) is 2.67. The van der Waals surface area contributed by atoms with Crippen LogP contribution >= 0.6 is 0 Å². The van der Waals surface area contributed by atoms with E-state index in [0.717, 1.165) is 19.1 Å². The zero-order valence-electron chi connectivity index (χ0n) is 13.3. The van der Waals surface area contributed by atoms with Gasteiger partial charge in [-0.2, -0.15) is 0 Å². The van der Waals surface area contributed by atoms with Gasteiger partial charge in [0.05, 0.1) is 0 Å². The van der Waals surface area contributed by atoms with Crippen LogP contribution in [-0.2, 0) is 13.0 Å². The summed E-state index contributed by atoms with van der Waals surface area (Å²) in [6.07, 6.45) is 11.0. The van der Waals surface area contributed by atoms with Crippen LogP contribution in [0.3, 0.4) is 0 Å². The maximum atomic E-state index is 3.64. The minimum absolute atomic E-state index is 0.825. The quantitative estimate of drug-likeness (QED) is 0.857. The van der Waals surface area contributed by atoms with Gasteiger partial charge >= 0.3 is 0 Å². The molecule has 1 N–H and O–H groups in total. The van der Waals surface area contributed by atoms with Crippen molar-refractivity contribution in [1.82, 2.24) is 10.2 Å². The summed E-state index contributed by atoms with van der Waals surface area (Å²) in [5.74, 6) is 0. The van der Waals surface area contributed by atoms with E-state index in [1.165, 1.54) is 64.5 Å². The summed E-state index contributed by atoms with van der Waals surface area (Å²) in [6.45, 7) is 4.87. The zero-order chi connectivity index (χ0) is 14.3. The van der Waals surface area contributed by atoms with E-state index in [-0.39, 0.29) is 0 Å². The van der Waals surface area contributed by atoms with Crippen LogP contribution in [-0.4, -0.2) is 30.6 Å². The number of nitrogens with zero attached hydrogens (tertiary/aromatic N) is 1. The molecule has 116 valence electrons. The van der Waals surface area contributed by atoms with Gasteiger partial charge in [-0.1, -0.05) is 43.5 Å². The molecule has 1 heterocycles. The fourth-order valence-corrected chi connectivity index (χ4v) is 3.37. The molecule has 0 spiro atoms. The van der Waals surface area contributed by atoms with Crippen LogP contribution in [0.15, 0.2) is 24.3 Å². The number of hydrogen-bond donors (Lipinski definition) is 1. The van der Waals surface area contributed by atoms with Gasteiger partial charge in [-0.25, -0.2) is 0 Å². The first kappa shape index (κ1) is 15.1. The molecular weight excluding hydrogens is 256 g/mol. The molecule has 1 aromatic carbocycles. The van der Waals surface area contributed by atoms with Crippen LogP contribution in [0.4, 0.5) is 0 Å².